The Morgan fingerprint density at radius 2 is 2.27 bits per heavy atom. The third-order valence-electron chi connectivity index (χ3n) is 1.22. The van der Waals surface area contributed by atoms with Gasteiger partial charge in [0.2, 0.25) is 0 Å². The maximum atomic E-state index is 7.63. The number of hydrogen-bond donors (Lipinski definition) is 1. The van der Waals surface area contributed by atoms with E-state index in [1.807, 2.05) is 0 Å². The van der Waals surface area contributed by atoms with E-state index in [1.165, 1.54) is 0 Å². The standard InChI is InChI=1S/C6H8BClN2S/c1-11(7,9)5-2-3-6(8)10-4-5/h2-4,7,9H,1H3. The van der Waals surface area contributed by atoms with Crippen LogP contribution in [0.1, 0.15) is 0 Å². The quantitative estimate of drug-likeness (QED) is 0.523. The van der Waals surface area contributed by atoms with E-state index in [0.717, 1.165) is 4.90 Å². The van der Waals surface area contributed by atoms with Gasteiger partial charge in [-0.05, 0) is 0 Å². The van der Waals surface area contributed by atoms with E-state index in [-0.39, 0.29) is 0 Å². The zero-order valence-corrected chi connectivity index (χ0v) is 7.75. The molecule has 0 radical (unpaired) electrons. The van der Waals surface area contributed by atoms with Gasteiger partial charge in [-0.2, -0.15) is 0 Å². The van der Waals surface area contributed by atoms with Crippen LogP contribution in [0.4, 0.5) is 0 Å². The van der Waals surface area contributed by atoms with Crippen LogP contribution >= 0.6 is 11.6 Å². The van der Waals surface area contributed by atoms with Crippen molar-refractivity contribution in [2.45, 2.75) is 4.90 Å². The van der Waals surface area contributed by atoms with Gasteiger partial charge >= 0.3 is 72.0 Å². The topological polar surface area (TPSA) is 36.7 Å². The molecule has 1 rings (SSSR count). The van der Waals surface area contributed by atoms with Crippen LogP contribution in [0.15, 0.2) is 23.2 Å². The average Bonchev–Trinajstić information content (AvgIpc) is 1.86. The van der Waals surface area contributed by atoms with Crippen molar-refractivity contribution in [3.63, 3.8) is 0 Å². The van der Waals surface area contributed by atoms with Gasteiger partial charge < -0.3 is 0 Å². The number of nitrogens with one attached hydrogen (secondary N) is 1. The van der Waals surface area contributed by atoms with Crippen molar-refractivity contribution in [2.75, 3.05) is 6.26 Å². The number of halogens is 1. The molecule has 0 saturated carbocycles. The van der Waals surface area contributed by atoms with Gasteiger partial charge in [-0.3, -0.25) is 0 Å². The van der Waals surface area contributed by atoms with E-state index in [9.17, 15) is 0 Å². The summed E-state index contributed by atoms with van der Waals surface area (Å²) >= 11 is 5.58. The summed E-state index contributed by atoms with van der Waals surface area (Å²) in [5.74, 6) is 0. The molecule has 1 N–H and O–H groups in total. The molecule has 0 fully saturated rings. The van der Waals surface area contributed by atoms with E-state index in [0.29, 0.717) is 5.15 Å². The minimum atomic E-state index is -1.64. The minimum absolute atomic E-state index is 0.456. The fourth-order valence-corrected chi connectivity index (χ4v) is 1.39. The van der Waals surface area contributed by atoms with Crippen LogP contribution in [-0.4, -0.2) is 18.0 Å². The second-order valence-corrected chi connectivity index (χ2v) is 5.44. The van der Waals surface area contributed by atoms with Gasteiger partial charge in [0, 0.05) is 0 Å². The molecule has 0 bridgehead atoms. The summed E-state index contributed by atoms with van der Waals surface area (Å²) in [6.45, 7) is 3.74. The van der Waals surface area contributed by atoms with Crippen LogP contribution in [0, 0.1) is 4.78 Å². The second kappa shape index (κ2) is 2.95. The van der Waals surface area contributed by atoms with Crippen molar-refractivity contribution in [1.29, 1.82) is 4.78 Å². The first-order valence-corrected chi connectivity index (χ1v) is 5.56. The molecule has 0 aliphatic carbocycles. The first-order chi connectivity index (χ1) is 5.00. The molecule has 2 nitrogen and oxygen atoms in total. The van der Waals surface area contributed by atoms with Crippen LogP contribution in [0.2, 0.25) is 5.15 Å². The Bertz CT molecular complexity index is 343. The maximum absolute atomic E-state index is 7.63. The fourth-order valence-electron chi connectivity index (χ4n) is 0.629. The van der Waals surface area contributed by atoms with Crippen molar-refractivity contribution in [2.24, 2.45) is 0 Å². The van der Waals surface area contributed by atoms with Crippen LogP contribution < -0.4 is 0 Å². The summed E-state index contributed by atoms with van der Waals surface area (Å²) in [5, 5.41) is 0.456. The molecular weight excluding hydrogens is 178 g/mol. The predicted molar refractivity (Wildman–Crippen MR) is 50.7 cm³/mol. The van der Waals surface area contributed by atoms with Crippen molar-refractivity contribution >= 4 is 27.6 Å². The van der Waals surface area contributed by atoms with E-state index >= 15 is 0 Å². The zero-order chi connectivity index (χ0) is 8.48. The van der Waals surface area contributed by atoms with Crippen molar-refractivity contribution in [1.82, 2.24) is 4.98 Å². The number of nitrogens with zero attached hydrogens (tertiary/aromatic N) is 1. The van der Waals surface area contributed by atoms with Gasteiger partial charge in [0.25, 0.3) is 0 Å². The van der Waals surface area contributed by atoms with Crippen molar-refractivity contribution in [3.8, 4) is 0 Å². The van der Waals surface area contributed by atoms with E-state index in [2.05, 4.69) is 11.7 Å². The number of rotatable bonds is 1. The van der Waals surface area contributed by atoms with Crippen LogP contribution in [-0.2, 0) is 9.25 Å². The molecule has 58 valence electrons. The van der Waals surface area contributed by atoms with Gasteiger partial charge in [0.15, 0.2) is 0 Å². The summed E-state index contributed by atoms with van der Waals surface area (Å²) < 4.78 is 7.63. The SMILES string of the molecule is B=S(C)(=N)c1ccc(Cl)nc1. The van der Waals surface area contributed by atoms with Crippen molar-refractivity contribution in [3.05, 3.63) is 23.5 Å². The Labute approximate surface area is 72.3 Å². The molecule has 0 spiro atoms. The Balaban J connectivity index is 3.20. The molecule has 1 unspecified atom stereocenters. The number of aromatic nitrogens is 1. The first kappa shape index (κ1) is 8.75. The number of hydrogen-bond acceptors (Lipinski definition) is 2. The zero-order valence-electron chi connectivity index (χ0n) is 6.17. The Morgan fingerprint density at radius 1 is 1.64 bits per heavy atom. The Morgan fingerprint density at radius 3 is 2.64 bits per heavy atom. The normalized spacial score (nSPS) is 15.7. The first-order valence-electron chi connectivity index (χ1n) is 2.98. The molecule has 1 atom stereocenters. The molecule has 0 aliphatic heterocycles. The molecular formula is C6H8BClN2S. The van der Waals surface area contributed by atoms with E-state index in [1.54, 1.807) is 24.6 Å². The van der Waals surface area contributed by atoms with Crippen LogP contribution in [0.3, 0.4) is 0 Å². The fraction of sp³-hybridized carbons (Fsp3) is 0.167. The van der Waals surface area contributed by atoms with Gasteiger partial charge in [-0.1, -0.05) is 0 Å². The number of pyridine rings is 1. The van der Waals surface area contributed by atoms with Crippen molar-refractivity contribution < 1.29 is 0 Å². The third kappa shape index (κ3) is 2.31. The molecule has 0 aromatic carbocycles. The van der Waals surface area contributed by atoms with E-state index in [4.69, 9.17) is 16.4 Å². The summed E-state index contributed by atoms with van der Waals surface area (Å²) in [6.07, 6.45) is 3.40. The van der Waals surface area contributed by atoms with Gasteiger partial charge in [0.05, 0.1) is 0 Å². The summed E-state index contributed by atoms with van der Waals surface area (Å²) in [7, 11) is -1.64. The van der Waals surface area contributed by atoms with E-state index < -0.39 is 9.25 Å². The average molecular weight is 186 g/mol. The second-order valence-electron chi connectivity index (χ2n) is 2.40. The monoisotopic (exact) mass is 186 g/mol. The molecule has 1 aromatic rings. The molecule has 1 aromatic heterocycles. The summed E-state index contributed by atoms with van der Waals surface area (Å²) in [4.78, 5) is 4.72. The molecule has 1 heterocycles. The van der Waals surface area contributed by atoms with Crippen LogP contribution in [0.5, 0.6) is 0 Å². The molecule has 11 heavy (non-hydrogen) atoms. The third-order valence-corrected chi connectivity index (χ3v) is 2.73. The molecule has 0 amide bonds. The predicted octanol–water partition coefficient (Wildman–Crippen LogP) is 1.46. The van der Waals surface area contributed by atoms with Gasteiger partial charge in [0.1, 0.15) is 0 Å². The Kier molecular flexibility index (Phi) is 2.35. The Hall–Kier alpha value is -0.345. The molecule has 0 aliphatic rings. The molecule has 0 saturated heterocycles. The molecule has 5 heteroatoms. The van der Waals surface area contributed by atoms with Gasteiger partial charge in [-0.25, -0.2) is 0 Å². The van der Waals surface area contributed by atoms with Crippen LogP contribution in [0.25, 0.3) is 0 Å². The van der Waals surface area contributed by atoms with Gasteiger partial charge in [-0.15, -0.1) is 0 Å². The summed E-state index contributed by atoms with van der Waals surface area (Å²) in [5.41, 5.74) is 0. The summed E-state index contributed by atoms with van der Waals surface area (Å²) in [6, 6.07) is 3.48.